The predicted molar refractivity (Wildman–Crippen MR) is 96.9 cm³/mol. The van der Waals surface area contributed by atoms with Gasteiger partial charge in [-0.05, 0) is 23.3 Å². The van der Waals surface area contributed by atoms with E-state index in [4.69, 9.17) is 9.47 Å². The molecule has 0 atom stereocenters. The van der Waals surface area contributed by atoms with Crippen LogP contribution in [0.15, 0.2) is 77.7 Å². The second-order valence-electron chi connectivity index (χ2n) is 5.34. The summed E-state index contributed by atoms with van der Waals surface area (Å²) in [5.41, 5.74) is 2.04. The van der Waals surface area contributed by atoms with Crippen molar-refractivity contribution in [2.75, 3.05) is 0 Å². The number of aromatic hydroxyl groups is 1. The zero-order valence-electron chi connectivity index (χ0n) is 13.1. The Morgan fingerprint density at radius 3 is 1.54 bits per heavy atom. The maximum Gasteiger partial charge on any atom is 0.200 e. The summed E-state index contributed by atoms with van der Waals surface area (Å²) in [6, 6.07) is 22.9. The van der Waals surface area contributed by atoms with Gasteiger partial charge in [0, 0.05) is 4.90 Å². The molecule has 3 aromatic rings. The highest BCUT2D eigenvalue weighted by Gasteiger charge is 2.12. The lowest BCUT2D eigenvalue weighted by atomic mass is 10.2. The molecular weight excluding hydrogens is 320 g/mol. The van der Waals surface area contributed by atoms with Gasteiger partial charge in [0.05, 0.1) is 0 Å². The number of benzene rings is 3. The highest BCUT2D eigenvalue weighted by atomic mass is 32.1. The topological polar surface area (TPSA) is 38.7 Å². The summed E-state index contributed by atoms with van der Waals surface area (Å²) in [6.07, 6.45) is 0. The molecule has 0 fully saturated rings. The highest BCUT2D eigenvalue weighted by molar-refractivity contribution is 7.80. The summed E-state index contributed by atoms with van der Waals surface area (Å²) in [7, 11) is 0. The first-order valence-electron chi connectivity index (χ1n) is 7.62. The zero-order chi connectivity index (χ0) is 16.8. The van der Waals surface area contributed by atoms with Crippen LogP contribution in [0.5, 0.6) is 17.2 Å². The molecule has 122 valence electrons. The van der Waals surface area contributed by atoms with Gasteiger partial charge in [-0.3, -0.25) is 0 Å². The summed E-state index contributed by atoms with van der Waals surface area (Å²) < 4.78 is 11.4. The maximum absolute atomic E-state index is 10.4. The van der Waals surface area contributed by atoms with Crippen LogP contribution in [0, 0.1) is 0 Å². The minimum atomic E-state index is -0.0142. The molecule has 0 aliphatic carbocycles. The van der Waals surface area contributed by atoms with Gasteiger partial charge in [-0.1, -0.05) is 60.7 Å². The maximum atomic E-state index is 10.4. The van der Waals surface area contributed by atoms with Gasteiger partial charge in [0.2, 0.25) is 5.75 Å². The van der Waals surface area contributed by atoms with Gasteiger partial charge in [-0.2, -0.15) is 0 Å². The molecule has 3 aromatic carbocycles. The third-order valence-electron chi connectivity index (χ3n) is 3.50. The minimum Gasteiger partial charge on any atom is -0.502 e. The van der Waals surface area contributed by atoms with Crippen LogP contribution in [-0.2, 0) is 13.2 Å². The van der Waals surface area contributed by atoms with E-state index >= 15 is 0 Å². The Labute approximate surface area is 146 Å². The molecule has 0 spiro atoms. The smallest absolute Gasteiger partial charge is 0.200 e. The summed E-state index contributed by atoms with van der Waals surface area (Å²) >= 11 is 4.36. The quantitative estimate of drug-likeness (QED) is 0.632. The first-order chi connectivity index (χ1) is 11.7. The molecule has 0 saturated carbocycles. The summed E-state index contributed by atoms with van der Waals surface area (Å²) in [5, 5.41) is 10.4. The number of hydrogen-bond donors (Lipinski definition) is 2. The van der Waals surface area contributed by atoms with E-state index in [0.29, 0.717) is 29.6 Å². The fourth-order valence-electron chi connectivity index (χ4n) is 2.26. The normalized spacial score (nSPS) is 10.4. The van der Waals surface area contributed by atoms with E-state index in [9.17, 15) is 5.11 Å². The van der Waals surface area contributed by atoms with Crippen LogP contribution < -0.4 is 9.47 Å². The van der Waals surface area contributed by atoms with E-state index < -0.39 is 0 Å². The van der Waals surface area contributed by atoms with E-state index in [1.807, 2.05) is 60.7 Å². The van der Waals surface area contributed by atoms with Crippen LogP contribution in [0.1, 0.15) is 11.1 Å². The zero-order valence-corrected chi connectivity index (χ0v) is 13.9. The largest absolute Gasteiger partial charge is 0.502 e. The van der Waals surface area contributed by atoms with Crippen molar-refractivity contribution in [1.82, 2.24) is 0 Å². The lowest BCUT2D eigenvalue weighted by Crippen LogP contribution is -1.99. The minimum absolute atomic E-state index is 0.0142. The lowest BCUT2D eigenvalue weighted by molar-refractivity contribution is 0.261. The molecule has 3 nitrogen and oxygen atoms in total. The van der Waals surface area contributed by atoms with E-state index in [1.54, 1.807) is 12.1 Å². The average Bonchev–Trinajstić information content (AvgIpc) is 2.62. The molecule has 0 radical (unpaired) electrons. The number of phenolic OH excluding ortho intramolecular Hbond substituents is 1. The van der Waals surface area contributed by atoms with Crippen LogP contribution in [-0.4, -0.2) is 5.11 Å². The Kier molecular flexibility index (Phi) is 5.29. The van der Waals surface area contributed by atoms with Gasteiger partial charge in [0.25, 0.3) is 0 Å². The van der Waals surface area contributed by atoms with E-state index in [1.165, 1.54) is 0 Å². The van der Waals surface area contributed by atoms with E-state index in [-0.39, 0.29) is 5.75 Å². The first-order valence-corrected chi connectivity index (χ1v) is 8.06. The Hall–Kier alpha value is -2.59. The number of rotatable bonds is 6. The lowest BCUT2D eigenvalue weighted by Gasteiger charge is -2.13. The fourth-order valence-corrected chi connectivity index (χ4v) is 2.49. The van der Waals surface area contributed by atoms with Crippen molar-refractivity contribution in [3.63, 3.8) is 0 Å². The molecule has 0 amide bonds. The SMILES string of the molecule is Oc1c(OCc2ccccc2)cc(S)cc1OCc1ccccc1. The second kappa shape index (κ2) is 7.79. The molecule has 0 unspecified atom stereocenters. The number of phenols is 1. The van der Waals surface area contributed by atoms with Crippen LogP contribution in [0.4, 0.5) is 0 Å². The van der Waals surface area contributed by atoms with Gasteiger partial charge in [-0.15, -0.1) is 12.6 Å². The third-order valence-corrected chi connectivity index (χ3v) is 3.76. The van der Waals surface area contributed by atoms with Crippen molar-refractivity contribution in [2.24, 2.45) is 0 Å². The molecule has 1 N–H and O–H groups in total. The Morgan fingerprint density at radius 1 is 0.708 bits per heavy atom. The van der Waals surface area contributed by atoms with Crippen molar-refractivity contribution in [1.29, 1.82) is 0 Å². The Balaban J connectivity index is 1.72. The van der Waals surface area contributed by atoms with Gasteiger partial charge >= 0.3 is 0 Å². The van der Waals surface area contributed by atoms with Crippen molar-refractivity contribution in [3.8, 4) is 17.2 Å². The molecule has 0 aliphatic heterocycles. The van der Waals surface area contributed by atoms with Gasteiger partial charge in [0.1, 0.15) is 13.2 Å². The third kappa shape index (κ3) is 4.24. The number of ether oxygens (including phenoxy) is 2. The molecule has 4 heteroatoms. The van der Waals surface area contributed by atoms with Gasteiger partial charge in [-0.25, -0.2) is 0 Å². The first kappa shape index (κ1) is 16.3. The molecular formula is C20H18O3S. The van der Waals surface area contributed by atoms with Gasteiger partial charge < -0.3 is 14.6 Å². The monoisotopic (exact) mass is 338 g/mol. The van der Waals surface area contributed by atoms with Crippen molar-refractivity contribution >= 4 is 12.6 Å². The van der Waals surface area contributed by atoms with Crippen molar-refractivity contribution < 1.29 is 14.6 Å². The molecule has 0 aromatic heterocycles. The van der Waals surface area contributed by atoms with Crippen molar-refractivity contribution in [2.45, 2.75) is 18.1 Å². The number of thiol groups is 1. The van der Waals surface area contributed by atoms with Crippen molar-refractivity contribution in [3.05, 3.63) is 83.9 Å². The fraction of sp³-hybridized carbons (Fsp3) is 0.100. The molecule has 24 heavy (non-hydrogen) atoms. The summed E-state index contributed by atoms with van der Waals surface area (Å²) in [4.78, 5) is 0.666. The van der Waals surface area contributed by atoms with Crippen LogP contribution in [0.2, 0.25) is 0 Å². The van der Waals surface area contributed by atoms with E-state index in [2.05, 4.69) is 12.6 Å². The van der Waals surface area contributed by atoms with Gasteiger partial charge in [0.15, 0.2) is 11.5 Å². The molecule has 0 saturated heterocycles. The standard InChI is InChI=1S/C20H18O3S/c21-20-18(22-13-15-7-3-1-4-8-15)11-17(24)12-19(20)23-14-16-9-5-2-6-10-16/h1-12,21,24H,13-14H2. The Morgan fingerprint density at radius 2 is 1.12 bits per heavy atom. The van der Waals surface area contributed by atoms with E-state index in [0.717, 1.165) is 11.1 Å². The second-order valence-corrected chi connectivity index (χ2v) is 5.86. The summed E-state index contributed by atoms with van der Waals surface area (Å²) in [6.45, 7) is 0.730. The number of hydrogen-bond acceptors (Lipinski definition) is 4. The Bertz CT molecular complexity index is 724. The predicted octanol–water partition coefficient (Wildman–Crippen LogP) is 4.84. The van der Waals surface area contributed by atoms with Crippen LogP contribution in [0.25, 0.3) is 0 Å². The molecule has 0 bridgehead atoms. The molecule has 0 aliphatic rings. The average molecular weight is 338 g/mol. The van der Waals surface area contributed by atoms with Crippen LogP contribution >= 0.6 is 12.6 Å². The van der Waals surface area contributed by atoms with Crippen LogP contribution in [0.3, 0.4) is 0 Å². The molecule has 3 rings (SSSR count). The summed E-state index contributed by atoms with van der Waals surface area (Å²) in [5.74, 6) is 0.698. The highest BCUT2D eigenvalue weighted by Crippen LogP contribution is 2.39. The molecule has 0 heterocycles.